The highest BCUT2D eigenvalue weighted by Crippen LogP contribution is 2.55. The SMILES string of the molecule is COc1cc(F)cn2c(C)c(C3C[C@@H]3c3nc4c(C)ncc(-c5ncc(C)n6nc(C7CC7c7nc8cc(C)c(F)cn8c7C)nc56)n4n3)nc12. The number of halogens is 2. The Morgan fingerprint density at radius 2 is 1.39 bits per heavy atom. The van der Waals surface area contributed by atoms with Crippen molar-refractivity contribution >= 4 is 22.6 Å². The fourth-order valence-corrected chi connectivity index (χ4v) is 7.58. The van der Waals surface area contributed by atoms with Crippen LogP contribution in [0.15, 0.2) is 36.9 Å². The van der Waals surface area contributed by atoms with E-state index < -0.39 is 0 Å². The van der Waals surface area contributed by atoms with Crippen molar-refractivity contribution in [3.63, 3.8) is 0 Å². The Balaban J connectivity index is 1.00. The smallest absolute Gasteiger partial charge is 0.183 e. The fraction of sp³-hybridized carbons (Fsp3) is 0.333. The van der Waals surface area contributed by atoms with E-state index in [-0.39, 0.29) is 35.3 Å². The number of fused-ring (bicyclic) bond motifs is 4. The molecule has 4 atom stereocenters. The molecule has 0 saturated heterocycles. The molecule has 8 heterocycles. The number of methoxy groups -OCH3 is 1. The number of ether oxygens (including phenoxy) is 1. The summed E-state index contributed by atoms with van der Waals surface area (Å²) in [7, 11) is 1.52. The van der Waals surface area contributed by atoms with E-state index in [4.69, 9.17) is 39.9 Å². The van der Waals surface area contributed by atoms with Gasteiger partial charge in [-0.1, -0.05) is 0 Å². The van der Waals surface area contributed by atoms with E-state index in [0.29, 0.717) is 51.3 Å². The highest BCUT2D eigenvalue weighted by Gasteiger charge is 2.47. The van der Waals surface area contributed by atoms with E-state index in [1.807, 2.05) is 36.6 Å². The van der Waals surface area contributed by atoms with Crippen molar-refractivity contribution in [1.82, 2.24) is 57.9 Å². The van der Waals surface area contributed by atoms with Crippen LogP contribution in [0.2, 0.25) is 0 Å². The molecule has 0 radical (unpaired) electrons. The molecule has 256 valence electrons. The van der Waals surface area contributed by atoms with Gasteiger partial charge in [-0.2, -0.15) is 10.2 Å². The summed E-state index contributed by atoms with van der Waals surface area (Å²) in [6, 6.07) is 3.13. The molecule has 51 heavy (non-hydrogen) atoms. The first kappa shape index (κ1) is 30.0. The molecule has 0 bridgehead atoms. The zero-order valence-electron chi connectivity index (χ0n) is 28.7. The molecule has 0 aromatic carbocycles. The second-order valence-electron chi connectivity index (χ2n) is 13.9. The molecule has 2 aliphatic rings. The van der Waals surface area contributed by atoms with Gasteiger partial charge < -0.3 is 9.14 Å². The number of hydrogen-bond acceptors (Lipinski definition) is 9. The van der Waals surface area contributed by atoms with E-state index in [1.165, 1.54) is 25.6 Å². The fourth-order valence-electron chi connectivity index (χ4n) is 7.58. The minimum absolute atomic E-state index is 0.0394. The zero-order chi connectivity index (χ0) is 35.0. The highest BCUT2D eigenvalue weighted by molar-refractivity contribution is 5.72. The van der Waals surface area contributed by atoms with Crippen molar-refractivity contribution < 1.29 is 13.5 Å². The lowest BCUT2D eigenvalue weighted by atomic mass is 10.2. The molecule has 8 aromatic rings. The number of rotatable bonds is 6. The van der Waals surface area contributed by atoms with Crippen LogP contribution in [0.5, 0.6) is 5.75 Å². The zero-order valence-corrected chi connectivity index (χ0v) is 28.7. The highest BCUT2D eigenvalue weighted by atomic mass is 19.1. The summed E-state index contributed by atoms with van der Waals surface area (Å²) in [5.74, 6) is 1.49. The summed E-state index contributed by atoms with van der Waals surface area (Å²) in [6.45, 7) is 9.53. The number of aromatic nitrogens is 12. The van der Waals surface area contributed by atoms with E-state index in [0.717, 1.165) is 52.7 Å². The van der Waals surface area contributed by atoms with Crippen LogP contribution in [-0.4, -0.2) is 65.0 Å². The van der Waals surface area contributed by atoms with Gasteiger partial charge in [0.2, 0.25) is 0 Å². The molecule has 0 spiro atoms. The quantitative estimate of drug-likeness (QED) is 0.210. The van der Waals surface area contributed by atoms with E-state index in [1.54, 1.807) is 34.3 Å². The maximum atomic E-state index is 14.4. The predicted molar refractivity (Wildman–Crippen MR) is 181 cm³/mol. The van der Waals surface area contributed by atoms with E-state index >= 15 is 0 Å². The molecule has 3 unspecified atom stereocenters. The molecule has 15 heteroatoms. The number of aryl methyl sites for hydroxylation is 5. The summed E-state index contributed by atoms with van der Waals surface area (Å²) >= 11 is 0. The van der Waals surface area contributed by atoms with Crippen molar-refractivity contribution in [3.05, 3.63) is 99.9 Å². The van der Waals surface area contributed by atoms with Gasteiger partial charge in [-0.05, 0) is 59.1 Å². The molecule has 2 fully saturated rings. The van der Waals surface area contributed by atoms with Crippen molar-refractivity contribution in [3.8, 4) is 17.1 Å². The van der Waals surface area contributed by atoms with Crippen LogP contribution >= 0.6 is 0 Å². The van der Waals surface area contributed by atoms with Gasteiger partial charge in [-0.15, -0.1) is 0 Å². The lowest BCUT2D eigenvalue weighted by Gasteiger charge is -2.06. The van der Waals surface area contributed by atoms with Gasteiger partial charge in [-0.3, -0.25) is 9.38 Å². The Kier molecular flexibility index (Phi) is 6.08. The first-order chi connectivity index (χ1) is 24.6. The molecular formula is C36H32F2N12O. The summed E-state index contributed by atoms with van der Waals surface area (Å²) < 4.78 is 41.3. The van der Waals surface area contributed by atoms with Gasteiger partial charge in [0.05, 0.1) is 36.1 Å². The number of pyridine rings is 2. The third kappa shape index (κ3) is 4.36. The van der Waals surface area contributed by atoms with Crippen LogP contribution in [-0.2, 0) is 0 Å². The minimum atomic E-state index is -0.387. The Morgan fingerprint density at radius 3 is 2.14 bits per heavy atom. The van der Waals surface area contributed by atoms with Crippen molar-refractivity contribution in [2.24, 2.45) is 0 Å². The third-order valence-corrected chi connectivity index (χ3v) is 10.6. The topological polar surface area (TPSA) is 130 Å². The normalized spacial score (nSPS) is 20.0. The van der Waals surface area contributed by atoms with Gasteiger partial charge in [0.15, 0.2) is 34.3 Å². The van der Waals surface area contributed by atoms with Crippen molar-refractivity contribution in [2.75, 3.05) is 7.11 Å². The van der Waals surface area contributed by atoms with Crippen LogP contribution in [0, 0.1) is 46.3 Å². The largest absolute Gasteiger partial charge is 0.493 e. The van der Waals surface area contributed by atoms with Gasteiger partial charge in [-0.25, -0.2) is 42.7 Å². The number of imidazole rings is 2. The molecule has 0 N–H and O–H groups in total. The lowest BCUT2D eigenvalue weighted by Crippen LogP contribution is -2.04. The van der Waals surface area contributed by atoms with Crippen molar-refractivity contribution in [1.29, 1.82) is 0 Å². The second kappa shape index (κ2) is 10.3. The Hall–Kier alpha value is -5.86. The van der Waals surface area contributed by atoms with Crippen LogP contribution in [0.4, 0.5) is 8.78 Å². The van der Waals surface area contributed by atoms with Gasteiger partial charge >= 0.3 is 0 Å². The Labute approximate surface area is 289 Å². The van der Waals surface area contributed by atoms with E-state index in [2.05, 4.69) is 4.98 Å². The summed E-state index contributed by atoms with van der Waals surface area (Å²) in [5.41, 5.74) is 9.59. The van der Waals surface area contributed by atoms with Crippen LogP contribution in [0.1, 0.15) is 87.9 Å². The third-order valence-electron chi connectivity index (χ3n) is 10.6. The molecule has 2 saturated carbocycles. The Bertz CT molecular complexity index is 2780. The van der Waals surface area contributed by atoms with Gasteiger partial charge in [0.25, 0.3) is 0 Å². The molecule has 10 rings (SSSR count). The monoisotopic (exact) mass is 686 g/mol. The molecule has 0 amide bonds. The number of nitrogens with zero attached hydrogens (tertiary/aromatic N) is 12. The standard InChI is InChI=1S/C36H32F2N12O/c1-15-7-28-41-29(18(4)47(28)14-25(15)38)21-9-23(21)33-44-36-31(40-11-16(2)49(36)45-33)26-12-39-17(3)34-43-32(46-50(26)34)24-10-22(24)30-19(5)48-13-20(37)8-27(51-6)35(48)42-30/h7-8,11-14,21-24H,9-10H2,1-6H3/t21?,22?,23?,24-/m0/s1. The minimum Gasteiger partial charge on any atom is -0.493 e. The number of hydrogen-bond donors (Lipinski definition) is 0. The lowest BCUT2D eigenvalue weighted by molar-refractivity contribution is 0.412. The van der Waals surface area contributed by atoms with Gasteiger partial charge in [0.1, 0.15) is 28.7 Å². The first-order valence-corrected chi connectivity index (χ1v) is 16.9. The van der Waals surface area contributed by atoms with Crippen LogP contribution in [0.3, 0.4) is 0 Å². The summed E-state index contributed by atoms with van der Waals surface area (Å²) in [5, 5.41) is 9.95. The Morgan fingerprint density at radius 1 is 0.706 bits per heavy atom. The molecule has 0 aliphatic heterocycles. The summed E-state index contributed by atoms with van der Waals surface area (Å²) in [4.78, 5) is 29.2. The first-order valence-electron chi connectivity index (χ1n) is 16.9. The average molecular weight is 687 g/mol. The van der Waals surface area contributed by atoms with Gasteiger partial charge in [0, 0.05) is 59.7 Å². The van der Waals surface area contributed by atoms with E-state index in [9.17, 15) is 8.78 Å². The predicted octanol–water partition coefficient (Wildman–Crippen LogP) is 5.90. The average Bonchev–Trinajstić information content (AvgIpc) is 3.88. The van der Waals surface area contributed by atoms with Crippen LogP contribution < -0.4 is 4.74 Å². The molecule has 13 nitrogen and oxygen atoms in total. The maximum absolute atomic E-state index is 14.4. The van der Waals surface area contributed by atoms with Crippen molar-refractivity contribution in [2.45, 2.75) is 71.1 Å². The molecular weight excluding hydrogens is 654 g/mol. The summed E-state index contributed by atoms with van der Waals surface area (Å²) in [6.07, 6.45) is 8.14. The van der Waals surface area contributed by atoms with Crippen LogP contribution in [0.25, 0.3) is 34.0 Å². The molecule has 8 aromatic heterocycles. The second-order valence-corrected chi connectivity index (χ2v) is 13.9. The molecule has 2 aliphatic carbocycles. The maximum Gasteiger partial charge on any atom is 0.183 e.